The number of carboxylic acid groups (broad SMARTS) is 2. The van der Waals surface area contributed by atoms with Crippen LogP contribution in [0.2, 0.25) is 5.02 Å². The van der Waals surface area contributed by atoms with Crippen LogP contribution in [0, 0.1) is 0 Å². The summed E-state index contributed by atoms with van der Waals surface area (Å²) in [5, 5.41) is 16.4. The average molecular weight is 490 g/mol. The van der Waals surface area contributed by atoms with Gasteiger partial charge in [-0.25, -0.2) is 9.59 Å². The Hall–Kier alpha value is -2.52. The predicted octanol–water partition coefficient (Wildman–Crippen LogP) is 4.29. The van der Waals surface area contributed by atoms with Gasteiger partial charge in [0.15, 0.2) is 0 Å². The van der Waals surface area contributed by atoms with Crippen molar-refractivity contribution in [1.29, 1.82) is 0 Å². The van der Waals surface area contributed by atoms with Crippen LogP contribution in [0.25, 0.3) is 0 Å². The summed E-state index contributed by atoms with van der Waals surface area (Å²) in [5.74, 6) is -2.51. The average Bonchev–Trinajstić information content (AvgIpc) is 2.79. The van der Waals surface area contributed by atoms with Gasteiger partial charge < -0.3 is 24.9 Å². The van der Waals surface area contributed by atoms with Crippen molar-refractivity contribution in [2.24, 2.45) is 0 Å². The number of likely N-dealkylation sites (N-methyl/N-ethyl adjacent to an activating group) is 1. The highest BCUT2D eigenvalue weighted by atomic mass is 35.5. The normalized spacial score (nSPS) is 16.0. The van der Waals surface area contributed by atoms with Gasteiger partial charge in [-0.1, -0.05) is 35.5 Å². The van der Waals surface area contributed by atoms with Gasteiger partial charge in [0.2, 0.25) is 0 Å². The molecule has 1 fully saturated rings. The van der Waals surface area contributed by atoms with E-state index in [1.54, 1.807) is 0 Å². The maximum Gasteiger partial charge on any atom is 0.328 e. The van der Waals surface area contributed by atoms with E-state index in [1.165, 1.54) is 47.3 Å². The van der Waals surface area contributed by atoms with Crippen molar-refractivity contribution in [1.82, 2.24) is 9.80 Å². The fourth-order valence-electron chi connectivity index (χ4n) is 3.71. The quantitative estimate of drug-likeness (QED) is 0.581. The molecule has 0 radical (unpaired) electrons. The van der Waals surface area contributed by atoms with Crippen LogP contribution in [0.15, 0.2) is 64.4 Å². The molecule has 7 nitrogen and oxygen atoms in total. The number of carbonyl (C=O) groups is 2. The number of anilines is 2. The van der Waals surface area contributed by atoms with E-state index in [-0.39, 0.29) is 0 Å². The second-order valence-corrected chi connectivity index (χ2v) is 9.36. The lowest BCUT2D eigenvalue weighted by Crippen LogP contribution is -2.45. The van der Waals surface area contributed by atoms with Crippen LogP contribution in [-0.4, -0.2) is 78.3 Å². The molecule has 4 rings (SSSR count). The van der Waals surface area contributed by atoms with Crippen molar-refractivity contribution in [2.75, 3.05) is 51.2 Å². The summed E-state index contributed by atoms with van der Waals surface area (Å²) in [4.78, 5) is 29.2. The van der Waals surface area contributed by atoms with E-state index in [9.17, 15) is 9.59 Å². The Labute approximate surface area is 203 Å². The number of aliphatic carboxylic acids is 2. The monoisotopic (exact) mass is 489 g/mol. The van der Waals surface area contributed by atoms with Crippen LogP contribution in [-0.2, 0) is 9.59 Å². The van der Waals surface area contributed by atoms with Crippen molar-refractivity contribution in [2.45, 2.75) is 16.2 Å². The molecule has 0 spiro atoms. The van der Waals surface area contributed by atoms with Gasteiger partial charge in [0.25, 0.3) is 0 Å². The first-order chi connectivity index (χ1) is 15.8. The van der Waals surface area contributed by atoms with E-state index in [2.05, 4.69) is 58.1 Å². The zero-order valence-electron chi connectivity index (χ0n) is 18.5. The Balaban J connectivity index is 0.000000331. The van der Waals surface area contributed by atoms with E-state index in [0.717, 1.165) is 24.5 Å². The first-order valence-corrected chi connectivity index (χ1v) is 11.9. The van der Waals surface area contributed by atoms with Crippen LogP contribution in [0.4, 0.5) is 11.4 Å². The molecule has 2 aromatic carbocycles. The van der Waals surface area contributed by atoms with Crippen LogP contribution in [0.3, 0.4) is 0 Å². The van der Waals surface area contributed by atoms with Crippen LogP contribution >= 0.6 is 23.4 Å². The summed E-state index contributed by atoms with van der Waals surface area (Å²) in [6, 6.07) is 14.9. The number of carboxylic acids is 2. The molecular formula is C24H28ClN3O4S. The summed E-state index contributed by atoms with van der Waals surface area (Å²) in [6.45, 7) is 6.92. The summed E-state index contributed by atoms with van der Waals surface area (Å²) >= 11 is 8.13. The highest BCUT2D eigenvalue weighted by Gasteiger charge is 2.23. The Bertz CT molecular complexity index is 993. The molecule has 176 valence electrons. The van der Waals surface area contributed by atoms with Crippen molar-refractivity contribution < 1.29 is 19.8 Å². The minimum Gasteiger partial charge on any atom is -0.478 e. The molecule has 33 heavy (non-hydrogen) atoms. The number of benzene rings is 2. The minimum atomic E-state index is -1.26. The van der Waals surface area contributed by atoms with Gasteiger partial charge in [-0.3, -0.25) is 0 Å². The third-order valence-electron chi connectivity index (χ3n) is 5.41. The van der Waals surface area contributed by atoms with Gasteiger partial charge in [-0.15, -0.1) is 0 Å². The fourth-order valence-corrected chi connectivity index (χ4v) is 4.95. The second-order valence-electron chi connectivity index (χ2n) is 7.84. The molecule has 2 N–H and O–H groups in total. The topological polar surface area (TPSA) is 84.3 Å². The van der Waals surface area contributed by atoms with E-state index in [4.69, 9.17) is 21.8 Å². The molecule has 0 atom stereocenters. The molecule has 0 bridgehead atoms. The molecule has 0 amide bonds. The highest BCUT2D eigenvalue weighted by Crippen LogP contribution is 2.48. The Morgan fingerprint density at radius 3 is 2.24 bits per heavy atom. The zero-order valence-corrected chi connectivity index (χ0v) is 20.1. The molecule has 9 heteroatoms. The largest absolute Gasteiger partial charge is 0.478 e. The SMILES string of the molecule is CN1CCN(CCCN2c3ccccc3Sc3ccc(Cl)cc32)CC1.O=C(O)C=CC(=O)O. The van der Waals surface area contributed by atoms with Crippen molar-refractivity contribution in [3.8, 4) is 0 Å². The van der Waals surface area contributed by atoms with Crippen LogP contribution in [0.5, 0.6) is 0 Å². The molecular weight excluding hydrogens is 462 g/mol. The summed E-state index contributed by atoms with van der Waals surface area (Å²) < 4.78 is 0. The Morgan fingerprint density at radius 1 is 0.939 bits per heavy atom. The van der Waals surface area contributed by atoms with Crippen LogP contribution in [0.1, 0.15) is 6.42 Å². The number of hydrogen-bond donors (Lipinski definition) is 2. The zero-order chi connectivity index (χ0) is 23.8. The minimum absolute atomic E-state index is 0.558. The number of halogens is 1. The Morgan fingerprint density at radius 2 is 1.58 bits per heavy atom. The van der Waals surface area contributed by atoms with Gasteiger partial charge in [0, 0.05) is 59.7 Å². The van der Waals surface area contributed by atoms with Crippen molar-refractivity contribution in [3.05, 3.63) is 59.6 Å². The first kappa shape index (κ1) is 25.1. The molecule has 0 aliphatic carbocycles. The Kier molecular flexibility index (Phi) is 9.20. The number of hydrogen-bond acceptors (Lipinski definition) is 6. The number of nitrogens with zero attached hydrogens (tertiary/aromatic N) is 3. The molecule has 2 aliphatic heterocycles. The van der Waals surface area contributed by atoms with Gasteiger partial charge >= 0.3 is 11.9 Å². The predicted molar refractivity (Wildman–Crippen MR) is 132 cm³/mol. The molecule has 2 heterocycles. The maximum absolute atomic E-state index is 9.55. The van der Waals surface area contributed by atoms with Gasteiger partial charge in [0.1, 0.15) is 0 Å². The van der Waals surface area contributed by atoms with E-state index in [0.29, 0.717) is 12.2 Å². The van der Waals surface area contributed by atoms with Gasteiger partial charge in [-0.2, -0.15) is 0 Å². The van der Waals surface area contributed by atoms with Crippen molar-refractivity contribution in [3.63, 3.8) is 0 Å². The lowest BCUT2D eigenvalue weighted by molar-refractivity contribution is -0.134. The summed E-state index contributed by atoms with van der Waals surface area (Å²) in [5.41, 5.74) is 2.55. The standard InChI is InChI=1S/C20H24ClN3S.C4H4O4/c1-22-11-13-23(14-12-22)9-4-10-24-17-5-2-3-6-19(17)25-20-8-7-16(21)15-18(20)24;5-3(6)1-2-4(7)8/h2-3,5-8,15H,4,9-14H2,1H3;1-2H,(H,5,6)(H,7,8). The number of fused-ring (bicyclic) bond motifs is 2. The maximum atomic E-state index is 9.55. The highest BCUT2D eigenvalue weighted by molar-refractivity contribution is 7.99. The molecule has 0 saturated carbocycles. The fraction of sp³-hybridized carbons (Fsp3) is 0.333. The third-order valence-corrected chi connectivity index (χ3v) is 6.77. The van der Waals surface area contributed by atoms with E-state index in [1.807, 2.05) is 17.8 Å². The molecule has 1 saturated heterocycles. The second kappa shape index (κ2) is 12.1. The smallest absolute Gasteiger partial charge is 0.328 e. The van der Waals surface area contributed by atoms with Crippen molar-refractivity contribution >= 4 is 46.7 Å². The molecule has 2 aliphatic rings. The van der Waals surface area contributed by atoms with E-state index < -0.39 is 11.9 Å². The lowest BCUT2D eigenvalue weighted by Gasteiger charge is -2.35. The summed E-state index contributed by atoms with van der Waals surface area (Å²) in [7, 11) is 2.21. The van der Waals surface area contributed by atoms with Gasteiger partial charge in [0.05, 0.1) is 11.4 Å². The first-order valence-electron chi connectivity index (χ1n) is 10.7. The molecule has 0 aromatic heterocycles. The summed E-state index contributed by atoms with van der Waals surface area (Å²) in [6.07, 6.45) is 2.28. The number of para-hydroxylation sites is 1. The van der Waals surface area contributed by atoms with E-state index >= 15 is 0 Å². The van der Waals surface area contributed by atoms with Gasteiger partial charge in [-0.05, 0) is 50.3 Å². The molecule has 0 unspecified atom stereocenters. The molecule has 2 aromatic rings. The number of piperazine rings is 1. The van der Waals surface area contributed by atoms with Crippen LogP contribution < -0.4 is 4.90 Å². The third kappa shape index (κ3) is 7.50. The number of rotatable bonds is 6. The lowest BCUT2D eigenvalue weighted by atomic mass is 10.2.